The van der Waals surface area contributed by atoms with E-state index in [4.69, 9.17) is 0 Å². The van der Waals surface area contributed by atoms with Crippen LogP contribution in [0.2, 0.25) is 0 Å². The Bertz CT molecular complexity index is 281. The summed E-state index contributed by atoms with van der Waals surface area (Å²) in [7, 11) is 0. The van der Waals surface area contributed by atoms with Gasteiger partial charge in [-0.1, -0.05) is 19.8 Å². The minimum atomic E-state index is 0.800. The first-order valence-electron chi connectivity index (χ1n) is 8.56. The van der Waals surface area contributed by atoms with Crippen LogP contribution in [0.25, 0.3) is 0 Å². The molecule has 3 heteroatoms. The number of hydrogen-bond acceptors (Lipinski definition) is 3. The molecule has 1 aliphatic carbocycles. The SMILES string of the molecule is CCNC1CCCC1CN1CCN2CCCCC2C1. The molecule has 2 heterocycles. The molecular formula is C16H31N3. The van der Waals surface area contributed by atoms with Crippen molar-refractivity contribution in [1.29, 1.82) is 0 Å². The van der Waals surface area contributed by atoms with E-state index in [0.29, 0.717) is 0 Å². The zero-order valence-corrected chi connectivity index (χ0v) is 12.6. The van der Waals surface area contributed by atoms with Crippen molar-refractivity contribution < 1.29 is 0 Å². The molecule has 3 rings (SSSR count). The van der Waals surface area contributed by atoms with E-state index in [9.17, 15) is 0 Å². The predicted octanol–water partition coefficient (Wildman–Crippen LogP) is 1.93. The van der Waals surface area contributed by atoms with Gasteiger partial charge in [-0.3, -0.25) is 4.90 Å². The second kappa shape index (κ2) is 6.55. The summed E-state index contributed by atoms with van der Waals surface area (Å²) in [6.07, 6.45) is 8.62. The van der Waals surface area contributed by atoms with Gasteiger partial charge in [0.05, 0.1) is 0 Å². The van der Waals surface area contributed by atoms with Gasteiger partial charge in [0.1, 0.15) is 0 Å². The molecule has 19 heavy (non-hydrogen) atoms. The van der Waals surface area contributed by atoms with Crippen LogP contribution in [-0.2, 0) is 0 Å². The molecule has 2 saturated heterocycles. The van der Waals surface area contributed by atoms with E-state index in [1.165, 1.54) is 71.2 Å². The summed E-state index contributed by atoms with van der Waals surface area (Å²) in [5, 5.41) is 3.70. The van der Waals surface area contributed by atoms with Gasteiger partial charge in [0.2, 0.25) is 0 Å². The highest BCUT2D eigenvalue weighted by Crippen LogP contribution is 2.28. The van der Waals surface area contributed by atoms with Crippen LogP contribution < -0.4 is 5.32 Å². The van der Waals surface area contributed by atoms with Crippen molar-refractivity contribution in [1.82, 2.24) is 15.1 Å². The fourth-order valence-corrected chi connectivity index (χ4v) is 4.50. The van der Waals surface area contributed by atoms with Crippen LogP contribution in [0, 0.1) is 5.92 Å². The molecule has 0 radical (unpaired) electrons. The monoisotopic (exact) mass is 265 g/mol. The Morgan fingerprint density at radius 3 is 2.84 bits per heavy atom. The highest BCUT2D eigenvalue weighted by molar-refractivity contribution is 4.89. The number of nitrogens with zero attached hydrogens (tertiary/aromatic N) is 2. The molecule has 0 amide bonds. The summed E-state index contributed by atoms with van der Waals surface area (Å²) >= 11 is 0. The van der Waals surface area contributed by atoms with Crippen molar-refractivity contribution in [3.8, 4) is 0 Å². The first-order valence-corrected chi connectivity index (χ1v) is 8.56. The molecule has 1 saturated carbocycles. The first kappa shape index (κ1) is 13.8. The molecule has 1 N–H and O–H groups in total. The van der Waals surface area contributed by atoms with Crippen LogP contribution in [0.15, 0.2) is 0 Å². The minimum absolute atomic E-state index is 0.800. The number of fused-ring (bicyclic) bond motifs is 1. The zero-order chi connectivity index (χ0) is 13.1. The van der Waals surface area contributed by atoms with Gasteiger partial charge < -0.3 is 10.2 Å². The van der Waals surface area contributed by atoms with Crippen LogP contribution in [0.1, 0.15) is 45.4 Å². The number of piperazine rings is 1. The largest absolute Gasteiger partial charge is 0.314 e. The molecule has 3 fully saturated rings. The summed E-state index contributed by atoms with van der Waals surface area (Å²) in [5.74, 6) is 0.912. The van der Waals surface area contributed by atoms with Crippen molar-refractivity contribution in [2.75, 3.05) is 39.3 Å². The third kappa shape index (κ3) is 3.32. The molecule has 0 aromatic heterocycles. The highest BCUT2D eigenvalue weighted by Gasteiger charge is 2.32. The standard InChI is InChI=1S/C16H31N3/c1-2-17-16-8-5-6-14(16)12-18-10-11-19-9-4-3-7-15(19)13-18/h14-17H,2-13H2,1H3. The van der Waals surface area contributed by atoms with E-state index in [1.807, 2.05) is 0 Å². The third-order valence-electron chi connectivity index (χ3n) is 5.54. The molecule has 0 bridgehead atoms. The molecule has 110 valence electrons. The lowest BCUT2D eigenvalue weighted by Gasteiger charge is -2.45. The lowest BCUT2D eigenvalue weighted by atomic mass is 9.97. The van der Waals surface area contributed by atoms with E-state index >= 15 is 0 Å². The van der Waals surface area contributed by atoms with Crippen molar-refractivity contribution in [3.05, 3.63) is 0 Å². The first-order chi connectivity index (χ1) is 9.36. The van der Waals surface area contributed by atoms with Crippen LogP contribution in [0.4, 0.5) is 0 Å². The fourth-order valence-electron chi connectivity index (χ4n) is 4.50. The quantitative estimate of drug-likeness (QED) is 0.838. The average molecular weight is 265 g/mol. The van der Waals surface area contributed by atoms with Gasteiger partial charge in [-0.2, -0.15) is 0 Å². The number of hydrogen-bond donors (Lipinski definition) is 1. The summed E-state index contributed by atoms with van der Waals surface area (Å²) in [6, 6.07) is 1.68. The zero-order valence-electron chi connectivity index (χ0n) is 12.6. The maximum absolute atomic E-state index is 3.70. The van der Waals surface area contributed by atoms with Crippen LogP contribution in [0.3, 0.4) is 0 Å². The van der Waals surface area contributed by atoms with Gasteiger partial charge in [-0.25, -0.2) is 0 Å². The number of nitrogens with one attached hydrogen (secondary N) is 1. The lowest BCUT2D eigenvalue weighted by molar-refractivity contribution is 0.0402. The molecule has 0 aromatic carbocycles. The van der Waals surface area contributed by atoms with E-state index in [2.05, 4.69) is 22.0 Å². The summed E-state index contributed by atoms with van der Waals surface area (Å²) in [5.41, 5.74) is 0. The van der Waals surface area contributed by atoms with Gasteiger partial charge in [0, 0.05) is 38.3 Å². The number of rotatable bonds is 4. The normalized spacial score (nSPS) is 37.4. The van der Waals surface area contributed by atoms with Crippen molar-refractivity contribution >= 4 is 0 Å². The number of piperidine rings is 1. The van der Waals surface area contributed by atoms with Crippen molar-refractivity contribution in [2.24, 2.45) is 5.92 Å². The lowest BCUT2D eigenvalue weighted by Crippen LogP contribution is -2.56. The second-order valence-corrected chi connectivity index (χ2v) is 6.80. The topological polar surface area (TPSA) is 18.5 Å². The molecular weight excluding hydrogens is 234 g/mol. The molecule has 0 spiro atoms. The Morgan fingerprint density at radius 1 is 1.00 bits per heavy atom. The maximum Gasteiger partial charge on any atom is 0.0223 e. The van der Waals surface area contributed by atoms with Gasteiger partial charge in [-0.05, 0) is 44.7 Å². The molecule has 2 aliphatic heterocycles. The molecule has 0 aromatic rings. The van der Waals surface area contributed by atoms with Crippen LogP contribution in [-0.4, -0.2) is 61.2 Å². The summed E-state index contributed by atoms with van der Waals surface area (Å²) in [4.78, 5) is 5.52. The van der Waals surface area contributed by atoms with E-state index < -0.39 is 0 Å². The van der Waals surface area contributed by atoms with E-state index in [0.717, 1.165) is 24.5 Å². The fraction of sp³-hybridized carbons (Fsp3) is 1.00. The Labute approximate surface area is 118 Å². The van der Waals surface area contributed by atoms with Crippen molar-refractivity contribution in [3.63, 3.8) is 0 Å². The third-order valence-corrected chi connectivity index (χ3v) is 5.54. The van der Waals surface area contributed by atoms with Gasteiger partial charge >= 0.3 is 0 Å². The Kier molecular flexibility index (Phi) is 4.78. The Hall–Kier alpha value is -0.120. The maximum atomic E-state index is 3.70. The minimum Gasteiger partial charge on any atom is -0.314 e. The second-order valence-electron chi connectivity index (χ2n) is 6.80. The van der Waals surface area contributed by atoms with Gasteiger partial charge in [-0.15, -0.1) is 0 Å². The summed E-state index contributed by atoms with van der Waals surface area (Å²) < 4.78 is 0. The smallest absolute Gasteiger partial charge is 0.0223 e. The van der Waals surface area contributed by atoms with Gasteiger partial charge in [0.25, 0.3) is 0 Å². The molecule has 3 unspecified atom stereocenters. The van der Waals surface area contributed by atoms with Crippen LogP contribution in [0.5, 0.6) is 0 Å². The Balaban J connectivity index is 1.50. The van der Waals surface area contributed by atoms with Crippen molar-refractivity contribution in [2.45, 2.75) is 57.5 Å². The Morgan fingerprint density at radius 2 is 1.95 bits per heavy atom. The molecule has 3 nitrogen and oxygen atoms in total. The van der Waals surface area contributed by atoms with E-state index in [-0.39, 0.29) is 0 Å². The van der Waals surface area contributed by atoms with E-state index in [1.54, 1.807) is 0 Å². The molecule has 3 atom stereocenters. The highest BCUT2D eigenvalue weighted by atomic mass is 15.3. The van der Waals surface area contributed by atoms with Gasteiger partial charge in [0.15, 0.2) is 0 Å². The summed E-state index contributed by atoms with van der Waals surface area (Å²) in [6.45, 7) is 10.1. The predicted molar refractivity (Wildman–Crippen MR) is 80.5 cm³/mol. The molecule has 3 aliphatic rings. The average Bonchev–Trinajstić information content (AvgIpc) is 2.86. The van der Waals surface area contributed by atoms with Crippen LogP contribution >= 0.6 is 0 Å².